The second-order valence-corrected chi connectivity index (χ2v) is 7.78. The maximum absolute atomic E-state index is 2.37. The zero-order valence-electron chi connectivity index (χ0n) is 11.5. The summed E-state index contributed by atoms with van der Waals surface area (Å²) in [6, 6.07) is 21.9. The number of hydrogen-bond acceptors (Lipinski definition) is 1. The molecule has 2 aromatic carbocycles. The van der Waals surface area contributed by atoms with Crippen molar-refractivity contribution in [3.05, 3.63) is 71.8 Å². The van der Waals surface area contributed by atoms with Crippen molar-refractivity contribution in [1.29, 1.82) is 0 Å². The van der Waals surface area contributed by atoms with Gasteiger partial charge in [-0.05, 0) is 17.5 Å². The Morgan fingerprint density at radius 2 is 1.37 bits per heavy atom. The molecule has 2 unspecified atom stereocenters. The highest BCUT2D eigenvalue weighted by Crippen LogP contribution is 2.58. The first-order valence-corrected chi connectivity index (χ1v) is 7.81. The average Bonchev–Trinajstić information content (AvgIpc) is 2.77. The number of benzene rings is 2. The Bertz CT molecular complexity index is 481. The van der Waals surface area contributed by atoms with Gasteiger partial charge < -0.3 is 0 Å². The summed E-state index contributed by atoms with van der Waals surface area (Å²) in [6.07, 6.45) is 1.25. The minimum Gasteiger partial charge on any atom is -0.147 e. The molecule has 0 aliphatic carbocycles. The van der Waals surface area contributed by atoms with E-state index >= 15 is 0 Å². The minimum atomic E-state index is 0.362. The molecule has 1 aliphatic rings. The van der Waals surface area contributed by atoms with Gasteiger partial charge in [0.2, 0.25) is 0 Å². The lowest BCUT2D eigenvalue weighted by atomic mass is 9.85. The molecule has 1 saturated heterocycles. The summed E-state index contributed by atoms with van der Waals surface area (Å²) in [5, 5.41) is 0.582. The van der Waals surface area contributed by atoms with Crippen molar-refractivity contribution in [2.24, 2.45) is 0 Å². The highest BCUT2D eigenvalue weighted by atomic mass is 32.2. The molecule has 3 rings (SSSR count). The van der Waals surface area contributed by atoms with Gasteiger partial charge in [0.25, 0.3) is 0 Å². The molecule has 0 radical (unpaired) electrons. The van der Waals surface area contributed by atoms with E-state index in [1.54, 1.807) is 0 Å². The van der Waals surface area contributed by atoms with Crippen LogP contribution in [0.4, 0.5) is 0 Å². The van der Waals surface area contributed by atoms with Gasteiger partial charge in [-0.15, -0.1) is 11.8 Å². The van der Waals surface area contributed by atoms with Crippen molar-refractivity contribution in [1.82, 2.24) is 0 Å². The molecule has 0 bridgehead atoms. The Balaban J connectivity index is 1.97. The van der Waals surface area contributed by atoms with Crippen LogP contribution < -0.4 is 0 Å². The largest absolute Gasteiger partial charge is 0.147 e. The van der Waals surface area contributed by atoms with Gasteiger partial charge in [-0.25, -0.2) is 0 Å². The van der Waals surface area contributed by atoms with E-state index in [-0.39, 0.29) is 0 Å². The maximum Gasteiger partial charge on any atom is 0.0371 e. The summed E-state index contributed by atoms with van der Waals surface area (Å²) < 4.78 is 0.362. The third kappa shape index (κ3) is 2.71. The minimum absolute atomic E-state index is 0.362. The van der Waals surface area contributed by atoms with Crippen LogP contribution in [0.15, 0.2) is 60.7 Å². The second-order valence-electron chi connectivity index (χ2n) is 5.93. The Kier molecular flexibility index (Phi) is 3.40. The fourth-order valence-corrected chi connectivity index (χ4v) is 4.72. The highest BCUT2D eigenvalue weighted by Gasteiger charge is 2.41. The quantitative estimate of drug-likeness (QED) is 0.700. The summed E-state index contributed by atoms with van der Waals surface area (Å²) in [7, 11) is 0. The van der Waals surface area contributed by atoms with Crippen LogP contribution in [0.2, 0.25) is 0 Å². The molecule has 0 N–H and O–H groups in total. The normalized spacial score (nSPS) is 25.4. The molecule has 2 aromatic rings. The Morgan fingerprint density at radius 1 is 0.842 bits per heavy atom. The third-order valence-electron chi connectivity index (χ3n) is 3.88. The Labute approximate surface area is 120 Å². The van der Waals surface area contributed by atoms with Crippen LogP contribution in [0, 0.1) is 0 Å². The van der Waals surface area contributed by atoms with Gasteiger partial charge in [0.1, 0.15) is 0 Å². The first-order valence-electron chi connectivity index (χ1n) is 6.93. The molecule has 0 spiro atoms. The number of thioether (sulfide) groups is 1. The van der Waals surface area contributed by atoms with Gasteiger partial charge in [-0.3, -0.25) is 0 Å². The summed E-state index contributed by atoms with van der Waals surface area (Å²) in [4.78, 5) is 0. The first-order chi connectivity index (χ1) is 9.16. The molecular formula is C18H20S. The third-order valence-corrected chi connectivity index (χ3v) is 5.54. The van der Waals surface area contributed by atoms with E-state index in [2.05, 4.69) is 86.3 Å². The molecule has 0 saturated carbocycles. The molecule has 98 valence electrons. The smallest absolute Gasteiger partial charge is 0.0371 e. The summed E-state index contributed by atoms with van der Waals surface area (Å²) in [6.45, 7) is 4.74. The predicted octanol–water partition coefficient (Wildman–Crippen LogP) is 5.43. The Hall–Kier alpha value is -1.21. The molecule has 1 fully saturated rings. The molecule has 19 heavy (non-hydrogen) atoms. The van der Waals surface area contributed by atoms with Crippen molar-refractivity contribution in [3.8, 4) is 0 Å². The number of hydrogen-bond donors (Lipinski definition) is 0. The summed E-state index contributed by atoms with van der Waals surface area (Å²) in [5.74, 6) is 0.628. The standard InChI is InChI=1S/C18H20S/c1-18(2)13-16(14-9-5-3-6-10-14)17(19-18)15-11-7-4-8-12-15/h3-12,16-17H,13H2,1-2H3. The van der Waals surface area contributed by atoms with E-state index in [1.807, 2.05) is 0 Å². The maximum atomic E-state index is 2.37. The van der Waals surface area contributed by atoms with E-state index in [1.165, 1.54) is 17.5 Å². The van der Waals surface area contributed by atoms with Crippen molar-refractivity contribution in [3.63, 3.8) is 0 Å². The Morgan fingerprint density at radius 3 is 1.95 bits per heavy atom. The molecule has 1 aliphatic heterocycles. The van der Waals surface area contributed by atoms with Gasteiger partial charge in [0.05, 0.1) is 0 Å². The van der Waals surface area contributed by atoms with Crippen LogP contribution in [0.25, 0.3) is 0 Å². The first kappa shape index (κ1) is 12.8. The zero-order chi connectivity index (χ0) is 13.3. The number of rotatable bonds is 2. The van der Waals surface area contributed by atoms with Gasteiger partial charge in [0.15, 0.2) is 0 Å². The summed E-state index contributed by atoms with van der Waals surface area (Å²) in [5.41, 5.74) is 2.95. The van der Waals surface area contributed by atoms with Gasteiger partial charge in [-0.2, -0.15) is 0 Å². The highest BCUT2D eigenvalue weighted by molar-refractivity contribution is 8.01. The van der Waals surface area contributed by atoms with Crippen LogP contribution in [0.3, 0.4) is 0 Å². The van der Waals surface area contributed by atoms with Gasteiger partial charge in [-0.1, -0.05) is 74.5 Å². The van der Waals surface area contributed by atoms with E-state index < -0.39 is 0 Å². The molecule has 1 heteroatoms. The van der Waals surface area contributed by atoms with E-state index in [0.717, 1.165) is 0 Å². The fraction of sp³-hybridized carbons (Fsp3) is 0.333. The predicted molar refractivity (Wildman–Crippen MR) is 84.7 cm³/mol. The molecule has 0 nitrogen and oxygen atoms in total. The van der Waals surface area contributed by atoms with E-state index in [4.69, 9.17) is 0 Å². The molecule has 1 heterocycles. The van der Waals surface area contributed by atoms with Crippen molar-refractivity contribution in [2.75, 3.05) is 0 Å². The summed E-state index contributed by atoms with van der Waals surface area (Å²) >= 11 is 2.12. The fourth-order valence-electron chi connectivity index (χ4n) is 3.05. The lowest BCUT2D eigenvalue weighted by Crippen LogP contribution is -2.09. The zero-order valence-corrected chi connectivity index (χ0v) is 12.4. The molecular weight excluding hydrogens is 248 g/mol. The lowest BCUT2D eigenvalue weighted by molar-refractivity contribution is 0.572. The molecule has 2 atom stereocenters. The lowest BCUT2D eigenvalue weighted by Gasteiger charge is -2.19. The van der Waals surface area contributed by atoms with Crippen LogP contribution in [-0.4, -0.2) is 4.75 Å². The van der Waals surface area contributed by atoms with Crippen molar-refractivity contribution >= 4 is 11.8 Å². The second kappa shape index (κ2) is 5.05. The van der Waals surface area contributed by atoms with Crippen molar-refractivity contribution in [2.45, 2.75) is 36.2 Å². The SMILES string of the molecule is CC1(C)CC(c2ccccc2)C(c2ccccc2)S1. The topological polar surface area (TPSA) is 0 Å². The van der Waals surface area contributed by atoms with Gasteiger partial charge >= 0.3 is 0 Å². The van der Waals surface area contributed by atoms with Crippen LogP contribution in [0.5, 0.6) is 0 Å². The van der Waals surface area contributed by atoms with Crippen LogP contribution >= 0.6 is 11.8 Å². The van der Waals surface area contributed by atoms with Gasteiger partial charge in [0, 0.05) is 15.9 Å². The van der Waals surface area contributed by atoms with E-state index in [0.29, 0.717) is 15.9 Å². The molecule has 0 aromatic heterocycles. The van der Waals surface area contributed by atoms with Crippen LogP contribution in [0.1, 0.15) is 42.6 Å². The average molecular weight is 268 g/mol. The van der Waals surface area contributed by atoms with Crippen molar-refractivity contribution < 1.29 is 0 Å². The van der Waals surface area contributed by atoms with Crippen LogP contribution in [-0.2, 0) is 0 Å². The van der Waals surface area contributed by atoms with E-state index in [9.17, 15) is 0 Å². The molecule has 0 amide bonds. The monoisotopic (exact) mass is 268 g/mol.